The van der Waals surface area contributed by atoms with E-state index in [4.69, 9.17) is 13.9 Å². The minimum Gasteiger partial charge on any atom is -0.417 e. The number of methoxy groups -OCH3 is 1. The molecule has 2 atom stereocenters. The van der Waals surface area contributed by atoms with Gasteiger partial charge in [-0.25, -0.2) is 0 Å². The molecule has 0 aliphatic heterocycles. The second kappa shape index (κ2) is 13.2. The van der Waals surface area contributed by atoms with E-state index in [1.54, 1.807) is 7.11 Å². The lowest BCUT2D eigenvalue weighted by Crippen LogP contribution is -2.46. The van der Waals surface area contributed by atoms with Gasteiger partial charge in [0.05, 0.1) is 6.10 Å². The van der Waals surface area contributed by atoms with Gasteiger partial charge in [-0.1, -0.05) is 87.5 Å². The molecule has 2 rings (SSSR count). The average Bonchev–Trinajstić information content (AvgIpc) is 2.78. The average molecular weight is 470 g/mol. The number of hydrogen-bond donors (Lipinski definition) is 0. The Labute approximate surface area is 202 Å². The molecule has 0 N–H and O–H groups in total. The number of hydrogen-bond acceptors (Lipinski definition) is 4. The summed E-state index contributed by atoms with van der Waals surface area (Å²) in [5, 5.41) is 0.181. The van der Waals surface area contributed by atoms with Crippen molar-refractivity contribution in [1.29, 1.82) is 0 Å². The van der Waals surface area contributed by atoms with E-state index >= 15 is 0 Å². The van der Waals surface area contributed by atoms with Gasteiger partial charge in [-0.2, -0.15) is 0 Å². The van der Waals surface area contributed by atoms with Crippen LogP contribution in [0.25, 0.3) is 0 Å². The first-order valence-corrected chi connectivity index (χ1v) is 14.8. The molecular weight excluding hydrogens is 426 g/mol. The van der Waals surface area contributed by atoms with Crippen LogP contribution in [0.5, 0.6) is 0 Å². The minimum absolute atomic E-state index is 0.0998. The Bertz CT molecular complexity index is 763. The molecule has 0 aliphatic rings. The molecule has 0 aliphatic carbocycles. The molecule has 0 fully saturated rings. The Kier molecular flexibility index (Phi) is 11.0. The lowest BCUT2D eigenvalue weighted by Gasteiger charge is -2.39. The first kappa shape index (κ1) is 27.5. The second-order valence-electron chi connectivity index (χ2n) is 10.1. The summed E-state index contributed by atoms with van der Waals surface area (Å²) >= 11 is 0. The maximum absolute atomic E-state index is 6.57. The zero-order valence-electron chi connectivity index (χ0n) is 21.4. The van der Waals surface area contributed by atoms with Crippen LogP contribution in [0.1, 0.15) is 38.3 Å². The molecule has 33 heavy (non-hydrogen) atoms. The number of benzene rings is 2. The van der Waals surface area contributed by atoms with Crippen LogP contribution in [0.2, 0.25) is 18.1 Å². The molecule has 0 saturated heterocycles. The van der Waals surface area contributed by atoms with Crippen molar-refractivity contribution >= 4 is 8.32 Å². The van der Waals surface area contributed by atoms with Crippen molar-refractivity contribution in [1.82, 2.24) is 4.90 Å². The standard InChI is InChI=1S/C28H43NO3Si/c1-8-27(31-23-30-5)26(19-20-32-33(6,7)28(2,3)4)29(21-24-15-11-9-12-16-24)22-25-17-13-10-14-18-25/h8-18,26-27H,1,19-23H2,2-7H3/t26-,27+/m1/s1. The molecule has 0 amide bonds. The molecule has 0 bridgehead atoms. The van der Waals surface area contributed by atoms with Crippen LogP contribution in [0.15, 0.2) is 73.3 Å². The van der Waals surface area contributed by atoms with Gasteiger partial charge in [0.1, 0.15) is 6.79 Å². The van der Waals surface area contributed by atoms with Gasteiger partial charge in [-0.05, 0) is 35.7 Å². The summed E-state index contributed by atoms with van der Waals surface area (Å²) in [6, 6.07) is 21.3. The fourth-order valence-electron chi connectivity index (χ4n) is 3.62. The molecule has 0 radical (unpaired) electrons. The van der Waals surface area contributed by atoms with E-state index in [1.165, 1.54) is 11.1 Å². The van der Waals surface area contributed by atoms with Gasteiger partial charge in [0.2, 0.25) is 0 Å². The highest BCUT2D eigenvalue weighted by Crippen LogP contribution is 2.36. The van der Waals surface area contributed by atoms with Gasteiger partial charge in [0.15, 0.2) is 8.32 Å². The zero-order valence-corrected chi connectivity index (χ0v) is 22.4. The predicted molar refractivity (Wildman–Crippen MR) is 141 cm³/mol. The Hall–Kier alpha value is -1.76. The maximum atomic E-state index is 6.57. The van der Waals surface area contributed by atoms with E-state index < -0.39 is 8.32 Å². The molecule has 4 nitrogen and oxygen atoms in total. The van der Waals surface area contributed by atoms with E-state index in [2.05, 4.69) is 106 Å². The second-order valence-corrected chi connectivity index (χ2v) is 14.9. The van der Waals surface area contributed by atoms with Gasteiger partial charge < -0.3 is 13.9 Å². The fraction of sp³-hybridized carbons (Fsp3) is 0.500. The number of rotatable bonds is 14. The van der Waals surface area contributed by atoms with Crippen molar-refractivity contribution in [2.75, 3.05) is 20.5 Å². The van der Waals surface area contributed by atoms with E-state index in [0.717, 1.165) is 19.5 Å². The molecule has 0 heterocycles. The Morgan fingerprint density at radius 1 is 0.939 bits per heavy atom. The molecule has 5 heteroatoms. The third-order valence-electron chi connectivity index (χ3n) is 6.60. The molecule has 0 spiro atoms. The zero-order chi connectivity index (χ0) is 24.3. The number of ether oxygens (including phenoxy) is 2. The molecule has 2 aromatic rings. The molecule has 0 unspecified atom stereocenters. The summed E-state index contributed by atoms with van der Waals surface area (Å²) in [5.41, 5.74) is 2.55. The third-order valence-corrected chi connectivity index (χ3v) is 11.1. The summed E-state index contributed by atoms with van der Waals surface area (Å²) in [6.07, 6.45) is 2.59. The van der Waals surface area contributed by atoms with Crippen LogP contribution >= 0.6 is 0 Å². The van der Waals surface area contributed by atoms with Gasteiger partial charge >= 0.3 is 0 Å². The van der Waals surface area contributed by atoms with Crippen molar-refractivity contribution in [2.45, 2.75) is 70.6 Å². The van der Waals surface area contributed by atoms with E-state index in [0.29, 0.717) is 6.61 Å². The number of nitrogens with zero attached hydrogens (tertiary/aromatic N) is 1. The van der Waals surface area contributed by atoms with Crippen molar-refractivity contribution < 1.29 is 13.9 Å². The summed E-state index contributed by atoms with van der Waals surface area (Å²) in [6.45, 7) is 18.1. The largest absolute Gasteiger partial charge is 0.417 e. The Morgan fingerprint density at radius 3 is 1.88 bits per heavy atom. The van der Waals surface area contributed by atoms with Crippen LogP contribution < -0.4 is 0 Å². The summed E-state index contributed by atoms with van der Waals surface area (Å²) in [4.78, 5) is 2.49. The van der Waals surface area contributed by atoms with Crippen molar-refractivity contribution in [3.8, 4) is 0 Å². The SMILES string of the molecule is C=C[C@H](OCOC)[C@@H](CCO[Si](C)(C)C(C)(C)C)N(Cc1ccccc1)Cc1ccccc1. The molecular formula is C28H43NO3Si. The lowest BCUT2D eigenvalue weighted by atomic mass is 10.0. The van der Waals surface area contributed by atoms with E-state index in [1.807, 2.05) is 6.08 Å². The van der Waals surface area contributed by atoms with Crippen LogP contribution in [0.4, 0.5) is 0 Å². The van der Waals surface area contributed by atoms with Gasteiger partial charge in [-0.3, -0.25) is 4.90 Å². The van der Waals surface area contributed by atoms with Crippen LogP contribution in [0.3, 0.4) is 0 Å². The van der Waals surface area contributed by atoms with Crippen LogP contribution in [0, 0.1) is 0 Å². The lowest BCUT2D eigenvalue weighted by molar-refractivity contribution is -0.0867. The monoisotopic (exact) mass is 469 g/mol. The maximum Gasteiger partial charge on any atom is 0.191 e. The summed E-state index contributed by atoms with van der Waals surface area (Å²) < 4.78 is 17.9. The fourth-order valence-corrected chi connectivity index (χ4v) is 4.68. The first-order chi connectivity index (χ1) is 15.7. The normalized spacial score (nSPS) is 14.3. The predicted octanol–water partition coefficient (Wildman–Crippen LogP) is 6.64. The quantitative estimate of drug-likeness (QED) is 0.176. The molecule has 182 valence electrons. The smallest absolute Gasteiger partial charge is 0.191 e. The minimum atomic E-state index is -1.83. The first-order valence-electron chi connectivity index (χ1n) is 11.9. The highest BCUT2D eigenvalue weighted by molar-refractivity contribution is 6.74. The van der Waals surface area contributed by atoms with Crippen LogP contribution in [-0.4, -0.2) is 45.9 Å². The van der Waals surface area contributed by atoms with Gasteiger partial charge in [0.25, 0.3) is 0 Å². The van der Waals surface area contributed by atoms with Gasteiger partial charge in [0, 0.05) is 32.8 Å². The Morgan fingerprint density at radius 2 is 1.45 bits per heavy atom. The van der Waals surface area contributed by atoms with Crippen molar-refractivity contribution in [3.63, 3.8) is 0 Å². The highest BCUT2D eigenvalue weighted by atomic mass is 28.4. The Balaban J connectivity index is 2.30. The van der Waals surface area contributed by atoms with Gasteiger partial charge in [-0.15, -0.1) is 6.58 Å². The molecule has 0 saturated carbocycles. The van der Waals surface area contributed by atoms with Crippen molar-refractivity contribution in [3.05, 3.63) is 84.4 Å². The van der Waals surface area contributed by atoms with Crippen molar-refractivity contribution in [2.24, 2.45) is 0 Å². The van der Waals surface area contributed by atoms with E-state index in [-0.39, 0.29) is 24.0 Å². The summed E-state index contributed by atoms with van der Waals surface area (Å²) in [7, 11) is -0.181. The van der Waals surface area contributed by atoms with E-state index in [9.17, 15) is 0 Å². The molecule has 0 aromatic heterocycles. The highest BCUT2D eigenvalue weighted by Gasteiger charge is 2.37. The third kappa shape index (κ3) is 8.84. The topological polar surface area (TPSA) is 30.9 Å². The van der Waals surface area contributed by atoms with Crippen LogP contribution in [-0.2, 0) is 27.0 Å². The summed E-state index contributed by atoms with van der Waals surface area (Å²) in [5.74, 6) is 0. The molecule has 2 aromatic carbocycles.